The van der Waals surface area contributed by atoms with E-state index in [1.54, 1.807) is 11.9 Å². The van der Waals surface area contributed by atoms with Crippen molar-refractivity contribution in [2.45, 2.75) is 18.9 Å². The van der Waals surface area contributed by atoms with Gasteiger partial charge in [-0.3, -0.25) is 4.79 Å². The Hall–Kier alpha value is -1.12. The van der Waals surface area contributed by atoms with E-state index in [-0.39, 0.29) is 25.2 Å². The lowest BCUT2D eigenvalue weighted by molar-refractivity contribution is -0.163. The highest BCUT2D eigenvalue weighted by Crippen LogP contribution is 2.30. The van der Waals surface area contributed by atoms with Gasteiger partial charge in [-0.2, -0.15) is 5.26 Å². The minimum atomic E-state index is -0.924. The van der Waals surface area contributed by atoms with E-state index in [2.05, 4.69) is 6.07 Å². The van der Waals surface area contributed by atoms with E-state index in [1.165, 1.54) is 0 Å². The van der Waals surface area contributed by atoms with Gasteiger partial charge in [0.25, 0.3) is 0 Å². The number of carbonyl (C=O) groups is 1. The summed E-state index contributed by atoms with van der Waals surface area (Å²) in [6.07, 6.45) is 1.70. The van der Waals surface area contributed by atoms with Crippen LogP contribution in [-0.4, -0.2) is 50.3 Å². The monoisotopic (exact) mass is 224 g/mol. The molecule has 0 aliphatic carbocycles. The predicted molar refractivity (Wildman–Crippen MR) is 55.5 cm³/mol. The molecule has 88 valence electrons. The Balaban J connectivity index is 2.01. The summed E-state index contributed by atoms with van der Waals surface area (Å²) in [7, 11) is 1.77. The number of rotatable bonds is 2. The summed E-state index contributed by atoms with van der Waals surface area (Å²) < 4.78 is 10.2. The Morgan fingerprint density at radius 1 is 1.38 bits per heavy atom. The number of hydrogen-bond donors (Lipinski definition) is 0. The molecule has 16 heavy (non-hydrogen) atoms. The SMILES string of the molecule is CN(C(=O)C1(C#N)COC1)C1CCOCC1. The Bertz CT molecular complexity index is 314. The third kappa shape index (κ3) is 1.79. The molecule has 2 saturated heterocycles. The minimum absolute atomic E-state index is 0.104. The van der Waals surface area contributed by atoms with Crippen molar-refractivity contribution >= 4 is 5.91 Å². The second kappa shape index (κ2) is 4.40. The molecule has 0 aromatic carbocycles. The van der Waals surface area contributed by atoms with Gasteiger partial charge >= 0.3 is 0 Å². The molecule has 2 aliphatic heterocycles. The lowest BCUT2D eigenvalue weighted by Crippen LogP contribution is -2.56. The Morgan fingerprint density at radius 3 is 2.44 bits per heavy atom. The van der Waals surface area contributed by atoms with Crippen LogP contribution in [0.3, 0.4) is 0 Å². The Kier molecular flexibility index (Phi) is 3.13. The summed E-state index contributed by atoms with van der Waals surface area (Å²) in [5.74, 6) is -0.104. The molecule has 2 rings (SSSR count). The maximum Gasteiger partial charge on any atom is 0.247 e. The Labute approximate surface area is 94.9 Å². The van der Waals surface area contributed by atoms with Crippen molar-refractivity contribution in [2.75, 3.05) is 33.5 Å². The third-order valence-corrected chi connectivity index (χ3v) is 3.38. The zero-order valence-electron chi connectivity index (χ0n) is 9.44. The molecule has 1 amide bonds. The second-order valence-electron chi connectivity index (χ2n) is 4.45. The zero-order chi connectivity index (χ0) is 11.6. The lowest BCUT2D eigenvalue weighted by Gasteiger charge is -2.40. The minimum Gasteiger partial charge on any atom is -0.381 e. The maximum absolute atomic E-state index is 12.2. The normalized spacial score (nSPS) is 24.2. The van der Waals surface area contributed by atoms with Crippen molar-refractivity contribution in [3.63, 3.8) is 0 Å². The van der Waals surface area contributed by atoms with Crippen molar-refractivity contribution in [3.8, 4) is 6.07 Å². The first-order valence-electron chi connectivity index (χ1n) is 5.54. The lowest BCUT2D eigenvalue weighted by atomic mass is 9.85. The first-order chi connectivity index (χ1) is 7.69. The van der Waals surface area contributed by atoms with Crippen LogP contribution in [0, 0.1) is 16.7 Å². The highest BCUT2D eigenvalue weighted by atomic mass is 16.5. The van der Waals surface area contributed by atoms with Crippen LogP contribution < -0.4 is 0 Å². The van der Waals surface area contributed by atoms with Gasteiger partial charge in [0, 0.05) is 26.3 Å². The van der Waals surface area contributed by atoms with Crippen LogP contribution in [0.15, 0.2) is 0 Å². The molecule has 0 unspecified atom stereocenters. The van der Waals surface area contributed by atoms with Crippen LogP contribution in [0.4, 0.5) is 0 Å². The van der Waals surface area contributed by atoms with Crippen LogP contribution in [-0.2, 0) is 14.3 Å². The summed E-state index contributed by atoms with van der Waals surface area (Å²) in [5, 5.41) is 9.05. The van der Waals surface area contributed by atoms with E-state index >= 15 is 0 Å². The van der Waals surface area contributed by atoms with E-state index in [0.29, 0.717) is 13.2 Å². The van der Waals surface area contributed by atoms with Gasteiger partial charge in [-0.05, 0) is 12.8 Å². The number of nitrogens with zero attached hydrogens (tertiary/aromatic N) is 2. The van der Waals surface area contributed by atoms with Gasteiger partial charge in [0.15, 0.2) is 5.41 Å². The van der Waals surface area contributed by atoms with Crippen LogP contribution in [0.1, 0.15) is 12.8 Å². The average molecular weight is 224 g/mol. The predicted octanol–water partition coefficient (Wildman–Crippen LogP) is 0.164. The van der Waals surface area contributed by atoms with Crippen molar-refractivity contribution in [1.29, 1.82) is 5.26 Å². The Morgan fingerprint density at radius 2 is 2.00 bits per heavy atom. The molecule has 2 fully saturated rings. The highest BCUT2D eigenvalue weighted by molar-refractivity contribution is 5.86. The van der Waals surface area contributed by atoms with Crippen molar-refractivity contribution in [3.05, 3.63) is 0 Å². The van der Waals surface area contributed by atoms with E-state index in [4.69, 9.17) is 14.7 Å². The summed E-state index contributed by atoms with van der Waals surface area (Å²) in [6.45, 7) is 1.85. The fourth-order valence-corrected chi connectivity index (χ4v) is 2.12. The van der Waals surface area contributed by atoms with Gasteiger partial charge in [0.05, 0.1) is 19.3 Å². The molecule has 2 heterocycles. The fourth-order valence-electron chi connectivity index (χ4n) is 2.12. The standard InChI is InChI=1S/C11H16N2O3/c1-13(9-2-4-15-5-3-9)10(14)11(6-12)7-16-8-11/h9H,2-5,7-8H2,1H3. The number of nitriles is 1. The fraction of sp³-hybridized carbons (Fsp3) is 0.818. The molecule has 5 nitrogen and oxygen atoms in total. The summed E-state index contributed by atoms with van der Waals surface area (Å²) >= 11 is 0. The molecular weight excluding hydrogens is 208 g/mol. The number of amides is 1. The summed E-state index contributed by atoms with van der Waals surface area (Å²) in [5.41, 5.74) is -0.924. The smallest absolute Gasteiger partial charge is 0.247 e. The van der Waals surface area contributed by atoms with Crippen molar-refractivity contribution in [2.24, 2.45) is 5.41 Å². The molecule has 0 saturated carbocycles. The molecule has 0 N–H and O–H groups in total. The van der Waals surface area contributed by atoms with Gasteiger partial charge in [-0.15, -0.1) is 0 Å². The van der Waals surface area contributed by atoms with Crippen LogP contribution in [0.2, 0.25) is 0 Å². The van der Waals surface area contributed by atoms with E-state index < -0.39 is 5.41 Å². The zero-order valence-corrected chi connectivity index (χ0v) is 9.44. The van der Waals surface area contributed by atoms with Gasteiger partial charge in [0.2, 0.25) is 5.91 Å². The van der Waals surface area contributed by atoms with Crippen molar-refractivity contribution < 1.29 is 14.3 Å². The maximum atomic E-state index is 12.2. The van der Waals surface area contributed by atoms with Crippen LogP contribution in [0.25, 0.3) is 0 Å². The quantitative estimate of drug-likeness (QED) is 0.670. The topological polar surface area (TPSA) is 62.6 Å². The van der Waals surface area contributed by atoms with Crippen LogP contribution in [0.5, 0.6) is 0 Å². The molecule has 0 spiro atoms. The number of ether oxygens (including phenoxy) is 2. The highest BCUT2D eigenvalue weighted by Gasteiger charge is 2.49. The van der Waals surface area contributed by atoms with Gasteiger partial charge in [-0.1, -0.05) is 0 Å². The van der Waals surface area contributed by atoms with Gasteiger partial charge < -0.3 is 14.4 Å². The van der Waals surface area contributed by atoms with Crippen LogP contribution >= 0.6 is 0 Å². The largest absolute Gasteiger partial charge is 0.381 e. The average Bonchev–Trinajstić information content (AvgIpc) is 2.28. The first kappa shape index (κ1) is 11.4. The molecule has 0 radical (unpaired) electrons. The van der Waals surface area contributed by atoms with Gasteiger partial charge in [-0.25, -0.2) is 0 Å². The summed E-state index contributed by atoms with van der Waals surface area (Å²) in [4.78, 5) is 13.9. The second-order valence-corrected chi connectivity index (χ2v) is 4.45. The molecule has 0 atom stereocenters. The molecule has 0 aromatic rings. The summed E-state index contributed by atoms with van der Waals surface area (Å²) in [6, 6.07) is 2.29. The molecular formula is C11H16N2O3. The molecule has 0 aromatic heterocycles. The third-order valence-electron chi connectivity index (χ3n) is 3.38. The first-order valence-corrected chi connectivity index (χ1v) is 5.54. The van der Waals surface area contributed by atoms with E-state index in [9.17, 15) is 4.79 Å². The number of carbonyl (C=O) groups excluding carboxylic acids is 1. The molecule has 5 heteroatoms. The number of hydrogen-bond acceptors (Lipinski definition) is 4. The molecule has 0 bridgehead atoms. The van der Waals surface area contributed by atoms with E-state index in [0.717, 1.165) is 12.8 Å². The van der Waals surface area contributed by atoms with E-state index in [1.807, 2.05) is 0 Å². The van der Waals surface area contributed by atoms with Gasteiger partial charge in [0.1, 0.15) is 0 Å². The molecule has 2 aliphatic rings. The van der Waals surface area contributed by atoms with Crippen molar-refractivity contribution in [1.82, 2.24) is 4.90 Å².